The Balaban J connectivity index is 1.36. The van der Waals surface area contributed by atoms with Gasteiger partial charge in [0, 0.05) is 32.7 Å². The zero-order valence-electron chi connectivity index (χ0n) is 14.8. The predicted molar refractivity (Wildman–Crippen MR) is 93.7 cm³/mol. The van der Waals surface area contributed by atoms with Crippen LogP contribution in [0, 0.1) is 29.5 Å². The Hall–Kier alpha value is -1.95. The van der Waals surface area contributed by atoms with Crippen molar-refractivity contribution in [3.63, 3.8) is 0 Å². The molecule has 1 heterocycles. The Morgan fingerprint density at radius 2 is 1.77 bits per heavy atom. The highest BCUT2D eigenvalue weighted by Crippen LogP contribution is 2.53. The summed E-state index contributed by atoms with van der Waals surface area (Å²) in [5.41, 5.74) is 0.934. The maximum absolute atomic E-state index is 13.3. The number of rotatable bonds is 4. The molecule has 0 radical (unpaired) electrons. The molecule has 2 bridgehead atoms. The standard InChI is InChI=1S/C20H25FN2O3/c21-16-3-1-2-13(10-16)12-22-6-8-23(9-7-22)19(24)17-14-4-5-15(11-14)18(17)20(25)26/h1-3,10,14-15,17-18H,4-9,11-12H2,(H,25,26)/t14-,15+,17-,18+/m0/s1. The molecule has 1 amide bonds. The van der Waals surface area contributed by atoms with Gasteiger partial charge in [-0.3, -0.25) is 14.5 Å². The number of hydrogen-bond donors (Lipinski definition) is 1. The van der Waals surface area contributed by atoms with Crippen molar-refractivity contribution in [3.8, 4) is 0 Å². The van der Waals surface area contributed by atoms with Gasteiger partial charge < -0.3 is 10.0 Å². The van der Waals surface area contributed by atoms with Crippen LogP contribution in [0.15, 0.2) is 24.3 Å². The molecule has 3 fully saturated rings. The lowest BCUT2D eigenvalue weighted by atomic mass is 9.78. The first-order chi connectivity index (χ1) is 12.5. The topological polar surface area (TPSA) is 60.9 Å². The highest BCUT2D eigenvalue weighted by atomic mass is 19.1. The quantitative estimate of drug-likeness (QED) is 0.894. The van der Waals surface area contributed by atoms with E-state index in [4.69, 9.17) is 0 Å². The van der Waals surface area contributed by atoms with E-state index in [1.807, 2.05) is 11.0 Å². The van der Waals surface area contributed by atoms with Gasteiger partial charge in [0.15, 0.2) is 0 Å². The Morgan fingerprint density at radius 3 is 2.42 bits per heavy atom. The number of amides is 1. The minimum atomic E-state index is -0.805. The highest BCUT2D eigenvalue weighted by molar-refractivity contribution is 5.86. The molecule has 1 saturated heterocycles. The third-order valence-electron chi connectivity index (χ3n) is 6.47. The maximum atomic E-state index is 13.3. The summed E-state index contributed by atoms with van der Waals surface area (Å²) in [6.07, 6.45) is 2.84. The summed E-state index contributed by atoms with van der Waals surface area (Å²) in [4.78, 5) is 28.7. The van der Waals surface area contributed by atoms with Gasteiger partial charge in [-0.05, 0) is 48.8 Å². The first-order valence-electron chi connectivity index (χ1n) is 9.51. The molecular weight excluding hydrogens is 335 g/mol. The largest absolute Gasteiger partial charge is 0.481 e. The predicted octanol–water partition coefficient (Wildman–Crippen LogP) is 2.22. The molecule has 1 aliphatic heterocycles. The lowest BCUT2D eigenvalue weighted by molar-refractivity contribution is -0.153. The van der Waals surface area contributed by atoms with E-state index in [9.17, 15) is 19.1 Å². The summed E-state index contributed by atoms with van der Waals surface area (Å²) < 4.78 is 13.3. The molecule has 1 aromatic carbocycles. The second-order valence-corrected chi connectivity index (χ2v) is 7.95. The van der Waals surface area contributed by atoms with E-state index in [0.29, 0.717) is 19.6 Å². The van der Waals surface area contributed by atoms with Gasteiger partial charge in [-0.15, -0.1) is 0 Å². The van der Waals surface area contributed by atoms with E-state index in [0.717, 1.165) is 37.9 Å². The van der Waals surface area contributed by atoms with E-state index in [1.165, 1.54) is 6.07 Å². The molecule has 1 aromatic rings. The van der Waals surface area contributed by atoms with Crippen molar-refractivity contribution in [2.75, 3.05) is 26.2 Å². The fraction of sp³-hybridized carbons (Fsp3) is 0.600. The zero-order valence-corrected chi connectivity index (χ0v) is 14.8. The molecule has 0 unspecified atom stereocenters. The summed E-state index contributed by atoms with van der Waals surface area (Å²) in [6, 6.07) is 6.61. The number of piperazine rings is 1. The molecule has 2 saturated carbocycles. The Bertz CT molecular complexity index is 702. The van der Waals surface area contributed by atoms with E-state index in [1.54, 1.807) is 12.1 Å². The van der Waals surface area contributed by atoms with Crippen LogP contribution < -0.4 is 0 Å². The van der Waals surface area contributed by atoms with Crippen LogP contribution in [-0.2, 0) is 16.1 Å². The number of fused-ring (bicyclic) bond motifs is 2. The maximum Gasteiger partial charge on any atom is 0.307 e. The zero-order chi connectivity index (χ0) is 18.3. The molecule has 0 aromatic heterocycles. The molecule has 140 valence electrons. The third kappa shape index (κ3) is 3.22. The second kappa shape index (κ2) is 6.99. The van der Waals surface area contributed by atoms with E-state index >= 15 is 0 Å². The van der Waals surface area contributed by atoms with Gasteiger partial charge in [0.25, 0.3) is 0 Å². The molecule has 0 spiro atoms. The van der Waals surface area contributed by atoms with Crippen molar-refractivity contribution < 1.29 is 19.1 Å². The number of carboxylic acid groups (broad SMARTS) is 1. The van der Waals surface area contributed by atoms with E-state index in [2.05, 4.69) is 4.90 Å². The second-order valence-electron chi connectivity index (χ2n) is 7.95. The molecule has 3 aliphatic rings. The molecule has 26 heavy (non-hydrogen) atoms. The fourth-order valence-electron chi connectivity index (χ4n) is 5.23. The van der Waals surface area contributed by atoms with Crippen LogP contribution in [0.3, 0.4) is 0 Å². The minimum Gasteiger partial charge on any atom is -0.481 e. The molecule has 4 rings (SSSR count). The molecule has 1 N–H and O–H groups in total. The van der Waals surface area contributed by atoms with Crippen molar-refractivity contribution >= 4 is 11.9 Å². The normalized spacial score (nSPS) is 31.3. The monoisotopic (exact) mass is 360 g/mol. The van der Waals surface area contributed by atoms with Crippen LogP contribution in [0.5, 0.6) is 0 Å². The number of nitrogens with zero attached hydrogens (tertiary/aromatic N) is 2. The summed E-state index contributed by atoms with van der Waals surface area (Å²) in [6.45, 7) is 3.38. The lowest BCUT2D eigenvalue weighted by Gasteiger charge is -2.38. The van der Waals surface area contributed by atoms with Gasteiger partial charge in [0.1, 0.15) is 5.82 Å². The van der Waals surface area contributed by atoms with Gasteiger partial charge in [0.2, 0.25) is 5.91 Å². The third-order valence-corrected chi connectivity index (χ3v) is 6.47. The fourth-order valence-corrected chi connectivity index (χ4v) is 5.23. The number of hydrogen-bond acceptors (Lipinski definition) is 3. The van der Waals surface area contributed by atoms with Gasteiger partial charge >= 0.3 is 5.97 Å². The first-order valence-corrected chi connectivity index (χ1v) is 9.51. The number of aliphatic carboxylic acids is 1. The smallest absolute Gasteiger partial charge is 0.307 e. The summed E-state index contributed by atoms with van der Waals surface area (Å²) in [7, 11) is 0. The summed E-state index contributed by atoms with van der Waals surface area (Å²) in [5.74, 6) is -1.39. The van der Waals surface area contributed by atoms with Crippen LogP contribution in [0.25, 0.3) is 0 Å². The lowest BCUT2D eigenvalue weighted by Crippen LogP contribution is -2.52. The average molecular weight is 360 g/mol. The van der Waals surface area contributed by atoms with E-state index in [-0.39, 0.29) is 29.5 Å². The summed E-state index contributed by atoms with van der Waals surface area (Å²) >= 11 is 0. The highest BCUT2D eigenvalue weighted by Gasteiger charge is 2.54. The number of benzene rings is 1. The van der Waals surface area contributed by atoms with Crippen LogP contribution in [0.4, 0.5) is 4.39 Å². The van der Waals surface area contributed by atoms with Crippen LogP contribution in [0.2, 0.25) is 0 Å². The number of halogens is 1. The number of carbonyl (C=O) groups excluding carboxylic acids is 1. The van der Waals surface area contributed by atoms with Crippen molar-refractivity contribution in [1.29, 1.82) is 0 Å². The first kappa shape index (κ1) is 17.5. The van der Waals surface area contributed by atoms with Crippen molar-refractivity contribution in [2.24, 2.45) is 23.7 Å². The molecule has 2 aliphatic carbocycles. The molecule has 6 heteroatoms. The van der Waals surface area contributed by atoms with Crippen LogP contribution >= 0.6 is 0 Å². The van der Waals surface area contributed by atoms with Crippen molar-refractivity contribution in [1.82, 2.24) is 9.80 Å². The minimum absolute atomic E-state index is 0.0370. The van der Waals surface area contributed by atoms with Crippen molar-refractivity contribution in [3.05, 3.63) is 35.6 Å². The van der Waals surface area contributed by atoms with E-state index < -0.39 is 11.9 Å². The SMILES string of the molecule is O=C(O)[C@@H]1[C@@H]2CC[C@@H](C2)[C@@H]1C(=O)N1CCN(Cc2cccc(F)c2)CC1. The van der Waals surface area contributed by atoms with Gasteiger partial charge in [-0.2, -0.15) is 0 Å². The van der Waals surface area contributed by atoms with Crippen molar-refractivity contribution in [2.45, 2.75) is 25.8 Å². The molecule has 5 nitrogen and oxygen atoms in total. The van der Waals surface area contributed by atoms with Crippen LogP contribution in [0.1, 0.15) is 24.8 Å². The van der Waals surface area contributed by atoms with Gasteiger partial charge in [-0.1, -0.05) is 12.1 Å². The number of carboxylic acids is 1. The number of carbonyl (C=O) groups is 2. The Kier molecular flexibility index (Phi) is 4.69. The van der Waals surface area contributed by atoms with Gasteiger partial charge in [0.05, 0.1) is 11.8 Å². The molecular formula is C20H25FN2O3. The Morgan fingerprint density at radius 1 is 1.08 bits per heavy atom. The molecule has 4 atom stereocenters. The summed E-state index contributed by atoms with van der Waals surface area (Å²) in [5, 5.41) is 9.57. The van der Waals surface area contributed by atoms with Gasteiger partial charge in [-0.25, -0.2) is 4.39 Å². The average Bonchev–Trinajstić information content (AvgIpc) is 3.23. The Labute approximate surface area is 152 Å². The van der Waals surface area contributed by atoms with Crippen LogP contribution in [-0.4, -0.2) is 53.0 Å².